The van der Waals surface area contributed by atoms with Crippen molar-refractivity contribution >= 4 is 5.91 Å². The third kappa shape index (κ3) is 3.25. The van der Waals surface area contributed by atoms with E-state index in [0.29, 0.717) is 5.56 Å². The predicted octanol–water partition coefficient (Wildman–Crippen LogP) is -2.24. The minimum absolute atomic E-state index is 0.140. The summed E-state index contributed by atoms with van der Waals surface area (Å²) < 4.78 is 5.06. The van der Waals surface area contributed by atoms with Crippen LogP contribution in [0.25, 0.3) is 0 Å². The van der Waals surface area contributed by atoms with Gasteiger partial charge in [-0.05, 0) is 12.1 Å². The number of carbonyl (C=O) groups is 1. The Hall–Kier alpha value is -1.58. The molecule has 104 valence electrons. The number of pyridine rings is 1. The zero-order chi connectivity index (χ0) is 13.8. The first-order valence-corrected chi connectivity index (χ1v) is 5.71. The van der Waals surface area contributed by atoms with Crippen LogP contribution in [-0.4, -0.2) is 57.4 Å². The van der Waals surface area contributed by atoms with Crippen molar-refractivity contribution in [3.05, 3.63) is 30.1 Å². The molecule has 1 amide bonds. The summed E-state index contributed by atoms with van der Waals surface area (Å²) in [6, 6.07) is 3.18. The van der Waals surface area contributed by atoms with Gasteiger partial charge in [-0.1, -0.05) is 0 Å². The number of aliphatic hydroxyl groups excluding tert-OH is 3. The second kappa shape index (κ2) is 6.04. The van der Waals surface area contributed by atoms with Gasteiger partial charge in [0.25, 0.3) is 5.91 Å². The summed E-state index contributed by atoms with van der Waals surface area (Å²) in [5, 5.41) is 28.3. The predicted molar refractivity (Wildman–Crippen MR) is 62.6 cm³/mol. The number of aromatic nitrogens is 1. The lowest BCUT2D eigenvalue weighted by molar-refractivity contribution is -0.197. The largest absolute Gasteiger partial charge is 0.388 e. The van der Waals surface area contributed by atoms with Gasteiger partial charge in [-0.15, -0.1) is 0 Å². The van der Waals surface area contributed by atoms with Crippen LogP contribution in [0.4, 0.5) is 0 Å². The van der Waals surface area contributed by atoms with Gasteiger partial charge in [0.1, 0.15) is 18.3 Å². The molecule has 1 aromatic rings. The standard InChI is InChI=1S/C11H15N3O5/c15-7-5-19-11(9(17)8(7)16)14-13-10(18)6-2-1-3-12-4-6/h1-4,7-9,11,14-17H,5H2,(H,13,18)/t7-,8-,9+,11+/m1/s1. The number of amides is 1. The number of carbonyl (C=O) groups excluding carboxylic acids is 1. The van der Waals surface area contributed by atoms with Crippen LogP contribution in [0.1, 0.15) is 10.4 Å². The summed E-state index contributed by atoms with van der Waals surface area (Å²) in [5.41, 5.74) is 5.11. The van der Waals surface area contributed by atoms with Gasteiger partial charge in [0.05, 0.1) is 12.2 Å². The van der Waals surface area contributed by atoms with Crippen LogP contribution >= 0.6 is 0 Å². The molecule has 0 bridgehead atoms. The normalized spacial score (nSPS) is 30.9. The van der Waals surface area contributed by atoms with Gasteiger partial charge in [0.2, 0.25) is 0 Å². The maximum Gasteiger partial charge on any atom is 0.267 e. The molecule has 8 nitrogen and oxygen atoms in total. The Labute approximate surface area is 109 Å². The molecule has 0 unspecified atom stereocenters. The number of hydrazine groups is 1. The summed E-state index contributed by atoms with van der Waals surface area (Å²) in [4.78, 5) is 15.5. The second-order valence-corrected chi connectivity index (χ2v) is 4.14. The van der Waals surface area contributed by atoms with E-state index >= 15 is 0 Å². The van der Waals surface area contributed by atoms with Crippen molar-refractivity contribution in [2.24, 2.45) is 0 Å². The Morgan fingerprint density at radius 1 is 1.37 bits per heavy atom. The third-order valence-electron chi connectivity index (χ3n) is 2.75. The lowest BCUT2D eigenvalue weighted by Crippen LogP contribution is -2.61. The minimum atomic E-state index is -1.35. The van der Waals surface area contributed by atoms with Crippen molar-refractivity contribution in [3.63, 3.8) is 0 Å². The van der Waals surface area contributed by atoms with Crippen LogP contribution in [0, 0.1) is 0 Å². The van der Waals surface area contributed by atoms with Crippen LogP contribution < -0.4 is 10.9 Å². The SMILES string of the molecule is O=C(NN[C@H]1OC[C@@H](O)[C@@H](O)[C@@H]1O)c1cccnc1. The first-order chi connectivity index (χ1) is 9.09. The van der Waals surface area contributed by atoms with Crippen LogP contribution in [0.5, 0.6) is 0 Å². The minimum Gasteiger partial charge on any atom is -0.388 e. The highest BCUT2D eigenvalue weighted by atomic mass is 16.5. The van der Waals surface area contributed by atoms with E-state index < -0.39 is 30.4 Å². The van der Waals surface area contributed by atoms with E-state index in [1.165, 1.54) is 12.4 Å². The van der Waals surface area contributed by atoms with Crippen molar-refractivity contribution in [1.29, 1.82) is 0 Å². The average Bonchev–Trinajstić information content (AvgIpc) is 2.45. The second-order valence-electron chi connectivity index (χ2n) is 4.14. The van der Waals surface area contributed by atoms with Crippen LogP contribution in [0.3, 0.4) is 0 Å². The lowest BCUT2D eigenvalue weighted by Gasteiger charge is -2.35. The molecule has 5 N–H and O–H groups in total. The molecule has 1 aliphatic rings. The first-order valence-electron chi connectivity index (χ1n) is 5.71. The van der Waals surface area contributed by atoms with Gasteiger partial charge in [0, 0.05) is 12.4 Å². The molecule has 2 heterocycles. The molecule has 0 aliphatic carbocycles. The van der Waals surface area contributed by atoms with Crippen molar-refractivity contribution in [1.82, 2.24) is 15.8 Å². The average molecular weight is 269 g/mol. The summed E-state index contributed by atoms with van der Waals surface area (Å²) in [7, 11) is 0. The Morgan fingerprint density at radius 2 is 2.16 bits per heavy atom. The van der Waals surface area contributed by atoms with E-state index in [2.05, 4.69) is 15.8 Å². The Bertz CT molecular complexity index is 430. The first kappa shape index (κ1) is 13.8. The number of nitrogens with one attached hydrogen (secondary N) is 2. The molecule has 19 heavy (non-hydrogen) atoms. The third-order valence-corrected chi connectivity index (χ3v) is 2.75. The molecule has 0 spiro atoms. The van der Waals surface area contributed by atoms with Gasteiger partial charge >= 0.3 is 0 Å². The van der Waals surface area contributed by atoms with Crippen LogP contribution in [0.2, 0.25) is 0 Å². The molecule has 0 aromatic carbocycles. The summed E-state index contributed by atoms with van der Waals surface area (Å²) in [5.74, 6) is -0.454. The highest BCUT2D eigenvalue weighted by Gasteiger charge is 2.37. The molecular weight excluding hydrogens is 254 g/mol. The molecule has 0 saturated carbocycles. The van der Waals surface area contributed by atoms with Crippen molar-refractivity contribution < 1.29 is 24.9 Å². The Kier molecular flexibility index (Phi) is 4.40. The van der Waals surface area contributed by atoms with E-state index in [4.69, 9.17) is 4.74 Å². The zero-order valence-corrected chi connectivity index (χ0v) is 9.93. The topological polar surface area (TPSA) is 124 Å². The number of hydrogen-bond donors (Lipinski definition) is 5. The molecule has 4 atom stereocenters. The van der Waals surface area contributed by atoms with Gasteiger partial charge in [-0.2, -0.15) is 0 Å². The summed E-state index contributed by atoms with van der Waals surface area (Å²) in [6.45, 7) is -0.140. The maximum absolute atomic E-state index is 11.7. The fourth-order valence-electron chi connectivity index (χ4n) is 1.64. The fourth-order valence-corrected chi connectivity index (χ4v) is 1.64. The highest BCUT2D eigenvalue weighted by molar-refractivity contribution is 5.93. The van der Waals surface area contributed by atoms with E-state index in [0.717, 1.165) is 0 Å². The number of ether oxygens (including phenoxy) is 1. The van der Waals surface area contributed by atoms with Crippen molar-refractivity contribution in [2.45, 2.75) is 24.5 Å². The van der Waals surface area contributed by atoms with E-state index in [1.54, 1.807) is 12.1 Å². The molecule has 1 fully saturated rings. The molecule has 2 rings (SSSR count). The maximum atomic E-state index is 11.7. The van der Waals surface area contributed by atoms with Crippen LogP contribution in [0.15, 0.2) is 24.5 Å². The Balaban J connectivity index is 1.87. The van der Waals surface area contributed by atoms with Crippen LogP contribution in [-0.2, 0) is 4.74 Å². The number of hydrogen-bond acceptors (Lipinski definition) is 7. The van der Waals surface area contributed by atoms with Crippen molar-refractivity contribution in [3.8, 4) is 0 Å². The van der Waals surface area contributed by atoms with Gasteiger partial charge in [0.15, 0.2) is 6.23 Å². The summed E-state index contributed by atoms with van der Waals surface area (Å²) in [6.07, 6.45) is -1.91. The van der Waals surface area contributed by atoms with E-state index in [9.17, 15) is 20.1 Å². The number of aliphatic hydroxyl groups is 3. The quantitative estimate of drug-likeness (QED) is 0.393. The fraction of sp³-hybridized carbons (Fsp3) is 0.455. The van der Waals surface area contributed by atoms with Gasteiger partial charge in [-0.3, -0.25) is 15.2 Å². The molecular formula is C11H15N3O5. The number of nitrogens with zero attached hydrogens (tertiary/aromatic N) is 1. The van der Waals surface area contributed by atoms with Gasteiger partial charge < -0.3 is 20.1 Å². The monoisotopic (exact) mass is 269 g/mol. The summed E-state index contributed by atoms with van der Waals surface area (Å²) >= 11 is 0. The molecule has 1 saturated heterocycles. The Morgan fingerprint density at radius 3 is 2.84 bits per heavy atom. The zero-order valence-electron chi connectivity index (χ0n) is 9.93. The molecule has 1 aliphatic heterocycles. The molecule has 0 radical (unpaired) electrons. The molecule has 1 aromatic heterocycles. The van der Waals surface area contributed by atoms with Gasteiger partial charge in [-0.25, -0.2) is 5.43 Å². The smallest absolute Gasteiger partial charge is 0.267 e. The lowest BCUT2D eigenvalue weighted by atomic mass is 10.1. The molecule has 8 heteroatoms. The number of rotatable bonds is 3. The van der Waals surface area contributed by atoms with E-state index in [-0.39, 0.29) is 6.61 Å². The van der Waals surface area contributed by atoms with Crippen molar-refractivity contribution in [2.75, 3.05) is 6.61 Å². The highest BCUT2D eigenvalue weighted by Crippen LogP contribution is 2.13. The van der Waals surface area contributed by atoms with E-state index in [1.807, 2.05) is 0 Å².